The van der Waals surface area contributed by atoms with E-state index in [-0.39, 0.29) is 28.4 Å². The number of anilines is 2. The smallest absolute Gasteiger partial charge is 0.417 e. The van der Waals surface area contributed by atoms with E-state index in [1.54, 1.807) is 0 Å². The van der Waals surface area contributed by atoms with Gasteiger partial charge in [0, 0.05) is 37.7 Å². The van der Waals surface area contributed by atoms with E-state index in [9.17, 15) is 27.2 Å². The Kier molecular flexibility index (Phi) is 9.72. The summed E-state index contributed by atoms with van der Waals surface area (Å²) in [5.74, 6) is -3.05. The van der Waals surface area contributed by atoms with Gasteiger partial charge in [-0.2, -0.15) is 13.2 Å². The zero-order valence-electron chi connectivity index (χ0n) is 20.3. The molecule has 0 fully saturated rings. The molecule has 0 aromatic heterocycles. The quantitative estimate of drug-likeness (QED) is 0.257. The number of carboxylic acid groups (broad SMARTS) is 1. The van der Waals surface area contributed by atoms with Gasteiger partial charge < -0.3 is 15.3 Å². The number of carbonyl (C=O) groups excluding carboxylic acids is 2. The molecule has 0 radical (unpaired) electrons. The second-order valence-corrected chi connectivity index (χ2v) is 8.20. The van der Waals surface area contributed by atoms with E-state index in [1.165, 1.54) is 55.3 Å². The topological polar surface area (TPSA) is 111 Å². The summed E-state index contributed by atoms with van der Waals surface area (Å²) in [4.78, 5) is 35.0. The van der Waals surface area contributed by atoms with Crippen molar-refractivity contribution in [3.05, 3.63) is 93.8 Å². The fourth-order valence-corrected chi connectivity index (χ4v) is 3.49. The van der Waals surface area contributed by atoms with Crippen molar-refractivity contribution in [1.82, 2.24) is 0 Å². The maximum absolute atomic E-state index is 14.3. The van der Waals surface area contributed by atoms with Crippen LogP contribution < -0.4 is 10.2 Å². The normalized spacial score (nSPS) is 10.6. The van der Waals surface area contributed by atoms with Crippen LogP contribution in [0, 0.1) is 11.2 Å². The number of nitrogens with one attached hydrogen (secondary N) is 2. The molecule has 3 N–H and O–H groups in total. The number of rotatable bonds is 5. The summed E-state index contributed by atoms with van der Waals surface area (Å²) in [6.45, 7) is 2.38. The molecular formula is C26H22ClF4N3O4. The summed E-state index contributed by atoms with van der Waals surface area (Å²) in [6, 6.07) is 12.6. The number of hydrogen-bond donors (Lipinski definition) is 3. The maximum Gasteiger partial charge on any atom is 0.417 e. The van der Waals surface area contributed by atoms with Crippen LogP contribution in [0.4, 0.5) is 28.9 Å². The number of amides is 2. The van der Waals surface area contributed by atoms with Crippen molar-refractivity contribution in [2.45, 2.75) is 20.0 Å². The lowest BCUT2D eigenvalue weighted by Gasteiger charge is -2.20. The van der Waals surface area contributed by atoms with Gasteiger partial charge in [-0.3, -0.25) is 19.8 Å². The molecule has 200 valence electrons. The largest absolute Gasteiger partial charge is 0.481 e. The molecule has 0 unspecified atom stereocenters. The van der Waals surface area contributed by atoms with Crippen LogP contribution in [0.15, 0.2) is 60.7 Å². The molecule has 38 heavy (non-hydrogen) atoms. The molecule has 3 aromatic carbocycles. The van der Waals surface area contributed by atoms with Crippen molar-refractivity contribution in [2.24, 2.45) is 0 Å². The Morgan fingerprint density at radius 1 is 0.974 bits per heavy atom. The van der Waals surface area contributed by atoms with Gasteiger partial charge in [0.2, 0.25) is 5.91 Å². The lowest BCUT2D eigenvalue weighted by molar-refractivity contribution is -0.138. The van der Waals surface area contributed by atoms with Crippen molar-refractivity contribution >= 4 is 46.5 Å². The number of benzene rings is 3. The Balaban J connectivity index is 0.00000118. The number of nitrogens with zero attached hydrogens (tertiary/aromatic N) is 1. The van der Waals surface area contributed by atoms with E-state index >= 15 is 0 Å². The van der Waals surface area contributed by atoms with Crippen LogP contribution in [0.3, 0.4) is 0 Å². The molecular weight excluding hydrogens is 530 g/mol. The maximum atomic E-state index is 14.3. The molecule has 0 bridgehead atoms. The zero-order valence-corrected chi connectivity index (χ0v) is 21.0. The van der Waals surface area contributed by atoms with Crippen LogP contribution >= 0.6 is 11.6 Å². The number of alkyl halides is 3. The van der Waals surface area contributed by atoms with Crippen LogP contribution in [-0.2, 0) is 15.8 Å². The van der Waals surface area contributed by atoms with Gasteiger partial charge in [0.25, 0.3) is 11.9 Å². The number of hydrogen-bond acceptors (Lipinski definition) is 4. The van der Waals surface area contributed by atoms with Crippen LogP contribution in [-0.4, -0.2) is 35.6 Å². The average Bonchev–Trinajstić information content (AvgIpc) is 2.82. The van der Waals surface area contributed by atoms with Gasteiger partial charge >= 0.3 is 6.18 Å². The first-order valence-corrected chi connectivity index (χ1v) is 11.1. The highest BCUT2D eigenvalue weighted by Gasteiger charge is 2.36. The summed E-state index contributed by atoms with van der Waals surface area (Å²) >= 11 is 5.93. The molecule has 7 nitrogen and oxygen atoms in total. The van der Waals surface area contributed by atoms with Crippen LogP contribution in [0.1, 0.15) is 40.9 Å². The third-order valence-electron chi connectivity index (χ3n) is 5.07. The number of carbonyl (C=O) groups is 3. The fourth-order valence-electron chi connectivity index (χ4n) is 3.23. The minimum Gasteiger partial charge on any atom is -0.481 e. The Morgan fingerprint density at radius 3 is 2.13 bits per heavy atom. The fraction of sp³-hybridized carbons (Fsp3) is 0.154. The Hall–Kier alpha value is -4.25. The molecule has 3 aromatic rings. The molecule has 0 spiro atoms. The monoisotopic (exact) mass is 551 g/mol. The Bertz CT molecular complexity index is 1390. The first-order valence-electron chi connectivity index (χ1n) is 10.7. The third-order valence-corrected chi connectivity index (χ3v) is 5.38. The highest BCUT2D eigenvalue weighted by Crippen LogP contribution is 2.36. The van der Waals surface area contributed by atoms with E-state index in [1.807, 2.05) is 0 Å². The van der Waals surface area contributed by atoms with Gasteiger partial charge in [-0.1, -0.05) is 29.8 Å². The van der Waals surface area contributed by atoms with Crippen LogP contribution in [0.5, 0.6) is 0 Å². The standard InChI is InChI=1S/C24H18ClF4N3O2.C2H4O2/c1-13(33)32(2)14-10-11-16(22(30)15-6-3-4-9-19(15)26)20(12-14)31-23(34)21-17(24(27,28)29)7-5-8-18(21)25;1-2(3)4/h3-12,30H,1-2H3,(H,31,34);1H3,(H,3,4). The van der Waals surface area contributed by atoms with E-state index < -0.39 is 40.0 Å². The molecule has 2 amide bonds. The summed E-state index contributed by atoms with van der Waals surface area (Å²) in [6.07, 6.45) is -4.85. The lowest BCUT2D eigenvalue weighted by Crippen LogP contribution is -2.24. The predicted molar refractivity (Wildman–Crippen MR) is 136 cm³/mol. The minimum absolute atomic E-state index is 0.0276. The molecule has 0 aliphatic heterocycles. The van der Waals surface area contributed by atoms with Crippen molar-refractivity contribution in [3.8, 4) is 0 Å². The number of aliphatic carboxylic acids is 1. The zero-order chi connectivity index (χ0) is 28.8. The molecule has 0 atom stereocenters. The summed E-state index contributed by atoms with van der Waals surface area (Å²) < 4.78 is 54.8. The SMILES string of the molecule is CC(=O)N(C)c1ccc(C(=N)c2ccccc2F)c(NC(=O)c2c(Cl)cccc2C(F)(F)F)c1.CC(=O)O. The highest BCUT2D eigenvalue weighted by atomic mass is 35.5. The van der Waals surface area contributed by atoms with Gasteiger partial charge in [0.05, 0.1) is 27.5 Å². The molecule has 0 heterocycles. The van der Waals surface area contributed by atoms with Crippen molar-refractivity contribution in [1.29, 1.82) is 5.41 Å². The lowest BCUT2D eigenvalue weighted by atomic mass is 9.99. The van der Waals surface area contributed by atoms with Crippen LogP contribution in [0.25, 0.3) is 0 Å². The Labute approximate surface area is 220 Å². The molecule has 0 saturated heterocycles. The average molecular weight is 552 g/mol. The predicted octanol–water partition coefficient (Wildman–Crippen LogP) is 6.24. The Morgan fingerprint density at radius 2 is 1.58 bits per heavy atom. The first kappa shape index (κ1) is 30.0. The second kappa shape index (κ2) is 12.3. The number of carboxylic acids is 1. The van der Waals surface area contributed by atoms with Crippen molar-refractivity contribution in [2.75, 3.05) is 17.3 Å². The van der Waals surface area contributed by atoms with Crippen LogP contribution in [0.2, 0.25) is 5.02 Å². The molecule has 3 rings (SSSR count). The van der Waals surface area contributed by atoms with Gasteiger partial charge in [0.15, 0.2) is 0 Å². The highest BCUT2D eigenvalue weighted by molar-refractivity contribution is 6.35. The van der Waals surface area contributed by atoms with E-state index in [4.69, 9.17) is 26.9 Å². The molecule has 0 saturated carbocycles. The van der Waals surface area contributed by atoms with Gasteiger partial charge in [-0.15, -0.1) is 0 Å². The molecule has 0 aliphatic carbocycles. The minimum atomic E-state index is -4.85. The van der Waals surface area contributed by atoms with Gasteiger partial charge in [0.1, 0.15) is 5.82 Å². The summed E-state index contributed by atoms with van der Waals surface area (Å²) in [7, 11) is 1.46. The molecule has 0 aliphatic rings. The van der Waals surface area contributed by atoms with Crippen molar-refractivity contribution < 1.29 is 37.1 Å². The van der Waals surface area contributed by atoms with Gasteiger partial charge in [-0.25, -0.2) is 4.39 Å². The second-order valence-electron chi connectivity index (χ2n) is 7.80. The van der Waals surface area contributed by atoms with Crippen molar-refractivity contribution in [3.63, 3.8) is 0 Å². The number of halogens is 5. The first-order chi connectivity index (χ1) is 17.6. The summed E-state index contributed by atoms with van der Waals surface area (Å²) in [5, 5.41) is 17.8. The van der Waals surface area contributed by atoms with E-state index in [2.05, 4.69) is 5.32 Å². The van der Waals surface area contributed by atoms with E-state index in [0.29, 0.717) is 5.69 Å². The molecule has 12 heteroatoms. The van der Waals surface area contributed by atoms with Gasteiger partial charge in [-0.05, 0) is 42.5 Å². The van der Waals surface area contributed by atoms with E-state index in [0.717, 1.165) is 31.2 Å². The third kappa shape index (κ3) is 7.39. The summed E-state index contributed by atoms with van der Waals surface area (Å²) in [5.41, 5.74) is -2.22.